The maximum absolute atomic E-state index is 12.9. The molecule has 5 nitrogen and oxygen atoms in total. The average molecular weight is 422 g/mol. The number of aliphatic imine (C=N–C) groups is 1. The minimum absolute atomic E-state index is 0.228. The molecular formula is C26H31NO4. The van der Waals surface area contributed by atoms with E-state index in [-0.39, 0.29) is 24.2 Å². The summed E-state index contributed by atoms with van der Waals surface area (Å²) in [6, 6.07) is 15.2. The van der Waals surface area contributed by atoms with E-state index in [4.69, 9.17) is 9.73 Å². The van der Waals surface area contributed by atoms with Crippen LogP contribution < -0.4 is 0 Å². The van der Waals surface area contributed by atoms with Crippen molar-refractivity contribution in [3.8, 4) is 11.1 Å². The first-order valence-corrected chi connectivity index (χ1v) is 10.9. The highest BCUT2D eigenvalue weighted by Gasteiger charge is 2.45. The Morgan fingerprint density at radius 1 is 1.03 bits per heavy atom. The van der Waals surface area contributed by atoms with Gasteiger partial charge >= 0.3 is 5.97 Å². The lowest BCUT2D eigenvalue weighted by atomic mass is 9.72. The highest BCUT2D eigenvalue weighted by atomic mass is 16.5. The minimum atomic E-state index is -1.49. The second kappa shape index (κ2) is 9.04. The molecule has 0 fully saturated rings. The van der Waals surface area contributed by atoms with Gasteiger partial charge in [0.25, 0.3) is 0 Å². The SMILES string of the molecule is CCCC(=O)C(CCC)(C(=O)O)c1ccc(-c2ccccc2C2=NC(C)(C)CO2)cc1. The molecular weight excluding hydrogens is 390 g/mol. The lowest BCUT2D eigenvalue weighted by molar-refractivity contribution is -0.149. The van der Waals surface area contributed by atoms with Gasteiger partial charge in [-0.2, -0.15) is 0 Å². The molecule has 1 unspecified atom stereocenters. The summed E-state index contributed by atoms with van der Waals surface area (Å²) >= 11 is 0. The zero-order valence-electron chi connectivity index (χ0n) is 18.8. The molecule has 0 bridgehead atoms. The molecule has 3 rings (SSSR count). The van der Waals surface area contributed by atoms with Crippen molar-refractivity contribution in [2.45, 2.75) is 64.3 Å². The van der Waals surface area contributed by atoms with Crippen molar-refractivity contribution in [2.24, 2.45) is 4.99 Å². The Hall–Kier alpha value is -2.95. The molecule has 0 aromatic heterocycles. The number of ether oxygens (including phenoxy) is 1. The Morgan fingerprint density at radius 2 is 1.68 bits per heavy atom. The number of nitrogens with zero attached hydrogens (tertiary/aromatic N) is 1. The number of Topliss-reactive ketones (excluding diaryl/α,β-unsaturated/α-hetero) is 1. The van der Waals surface area contributed by atoms with Gasteiger partial charge in [-0.25, -0.2) is 4.99 Å². The molecule has 1 atom stereocenters. The second-order valence-electron chi connectivity index (χ2n) is 8.77. The van der Waals surface area contributed by atoms with Crippen molar-refractivity contribution in [3.63, 3.8) is 0 Å². The molecule has 2 aromatic rings. The Kier molecular flexibility index (Phi) is 6.63. The van der Waals surface area contributed by atoms with Crippen LogP contribution in [0.5, 0.6) is 0 Å². The molecule has 5 heteroatoms. The summed E-state index contributed by atoms with van der Waals surface area (Å²) < 4.78 is 5.84. The molecule has 1 aliphatic heterocycles. The summed E-state index contributed by atoms with van der Waals surface area (Å²) in [6.07, 6.45) is 1.78. The highest BCUT2D eigenvalue weighted by Crippen LogP contribution is 2.35. The quantitative estimate of drug-likeness (QED) is 0.550. The number of hydrogen-bond donors (Lipinski definition) is 1. The lowest BCUT2D eigenvalue weighted by Gasteiger charge is -2.28. The number of carbonyl (C=O) groups excluding carboxylic acids is 1. The molecule has 0 aliphatic carbocycles. The first-order chi connectivity index (χ1) is 14.7. The lowest BCUT2D eigenvalue weighted by Crippen LogP contribution is -2.43. The van der Waals surface area contributed by atoms with Crippen LogP contribution in [0.25, 0.3) is 11.1 Å². The Morgan fingerprint density at radius 3 is 2.19 bits per heavy atom. The summed E-state index contributed by atoms with van der Waals surface area (Å²) in [4.78, 5) is 29.9. The molecule has 0 saturated carbocycles. The van der Waals surface area contributed by atoms with Crippen LogP contribution in [0.4, 0.5) is 0 Å². The van der Waals surface area contributed by atoms with Gasteiger partial charge in [0.2, 0.25) is 5.90 Å². The van der Waals surface area contributed by atoms with E-state index >= 15 is 0 Å². The number of carboxylic acid groups (broad SMARTS) is 1. The van der Waals surface area contributed by atoms with E-state index in [0.29, 0.717) is 30.9 Å². The Bertz CT molecular complexity index is 991. The van der Waals surface area contributed by atoms with Crippen LogP contribution in [0.3, 0.4) is 0 Å². The third kappa shape index (κ3) is 4.41. The molecule has 0 saturated heterocycles. The van der Waals surface area contributed by atoms with Gasteiger partial charge in [0.15, 0.2) is 11.2 Å². The van der Waals surface area contributed by atoms with E-state index in [1.807, 2.05) is 64.1 Å². The van der Waals surface area contributed by atoms with Crippen LogP contribution in [0.2, 0.25) is 0 Å². The minimum Gasteiger partial charge on any atom is -0.480 e. The number of benzene rings is 2. The zero-order valence-corrected chi connectivity index (χ0v) is 18.8. The van der Waals surface area contributed by atoms with Gasteiger partial charge < -0.3 is 9.84 Å². The maximum atomic E-state index is 12.9. The van der Waals surface area contributed by atoms with Crippen molar-refractivity contribution in [1.29, 1.82) is 0 Å². The second-order valence-corrected chi connectivity index (χ2v) is 8.77. The van der Waals surface area contributed by atoms with E-state index < -0.39 is 11.4 Å². The van der Waals surface area contributed by atoms with Crippen LogP contribution in [0, 0.1) is 0 Å². The van der Waals surface area contributed by atoms with Gasteiger partial charge in [-0.15, -0.1) is 0 Å². The normalized spacial score (nSPS) is 16.8. The van der Waals surface area contributed by atoms with Crippen molar-refractivity contribution in [2.75, 3.05) is 6.61 Å². The molecule has 1 aliphatic rings. The van der Waals surface area contributed by atoms with Gasteiger partial charge in [-0.3, -0.25) is 9.59 Å². The van der Waals surface area contributed by atoms with Gasteiger partial charge in [0.05, 0.1) is 5.54 Å². The van der Waals surface area contributed by atoms with Crippen molar-refractivity contribution >= 4 is 17.7 Å². The largest absolute Gasteiger partial charge is 0.480 e. The van der Waals surface area contributed by atoms with E-state index in [1.54, 1.807) is 12.1 Å². The van der Waals surface area contributed by atoms with Crippen molar-refractivity contribution < 1.29 is 19.4 Å². The molecule has 1 heterocycles. The first-order valence-electron chi connectivity index (χ1n) is 10.9. The standard InChI is InChI=1S/C26H31NO4/c1-5-9-22(28)26(16-6-2,24(29)30)19-14-12-18(13-15-19)20-10-7-8-11-21(20)23-27-25(3,4)17-31-23/h7-8,10-15H,5-6,9,16-17H2,1-4H3,(H,29,30). The number of hydrogen-bond acceptors (Lipinski definition) is 4. The third-order valence-corrected chi connectivity index (χ3v) is 5.76. The van der Waals surface area contributed by atoms with Gasteiger partial charge in [-0.1, -0.05) is 62.7 Å². The van der Waals surface area contributed by atoms with E-state index in [0.717, 1.165) is 16.7 Å². The zero-order chi connectivity index (χ0) is 22.6. The summed E-state index contributed by atoms with van der Waals surface area (Å²) in [5.41, 5.74) is 1.58. The molecule has 31 heavy (non-hydrogen) atoms. The first kappa shape index (κ1) is 22.7. The maximum Gasteiger partial charge on any atom is 0.321 e. The monoisotopic (exact) mass is 421 g/mol. The van der Waals surface area contributed by atoms with E-state index in [1.165, 1.54) is 0 Å². The van der Waals surface area contributed by atoms with Crippen molar-refractivity contribution in [3.05, 3.63) is 59.7 Å². The molecule has 2 aromatic carbocycles. The summed E-state index contributed by atoms with van der Waals surface area (Å²) in [7, 11) is 0. The topological polar surface area (TPSA) is 76.0 Å². The van der Waals surface area contributed by atoms with Crippen LogP contribution >= 0.6 is 0 Å². The molecule has 0 spiro atoms. The number of carbonyl (C=O) groups is 2. The van der Waals surface area contributed by atoms with Crippen molar-refractivity contribution in [1.82, 2.24) is 0 Å². The molecule has 0 radical (unpaired) electrons. The Balaban J connectivity index is 2.04. The predicted molar refractivity (Wildman–Crippen MR) is 123 cm³/mol. The van der Waals surface area contributed by atoms with Crippen LogP contribution in [0.1, 0.15) is 64.5 Å². The molecule has 1 N–H and O–H groups in total. The fourth-order valence-electron chi connectivity index (χ4n) is 4.19. The summed E-state index contributed by atoms with van der Waals surface area (Å²) in [5, 5.41) is 10.1. The fourth-order valence-corrected chi connectivity index (χ4v) is 4.19. The molecule has 0 amide bonds. The van der Waals surface area contributed by atoms with Gasteiger partial charge in [0.1, 0.15) is 6.61 Å². The molecule has 164 valence electrons. The van der Waals surface area contributed by atoms with E-state index in [2.05, 4.69) is 0 Å². The number of aliphatic carboxylic acids is 1. The summed E-state index contributed by atoms with van der Waals surface area (Å²) in [6.45, 7) is 8.40. The number of rotatable bonds is 9. The number of carboxylic acids is 1. The fraction of sp³-hybridized carbons (Fsp3) is 0.423. The van der Waals surface area contributed by atoms with Crippen LogP contribution in [-0.2, 0) is 19.7 Å². The highest BCUT2D eigenvalue weighted by molar-refractivity contribution is 6.09. The third-order valence-electron chi connectivity index (χ3n) is 5.76. The van der Waals surface area contributed by atoms with Crippen LogP contribution in [-0.4, -0.2) is 34.9 Å². The van der Waals surface area contributed by atoms with Gasteiger partial charge in [-0.05, 0) is 49.4 Å². The van der Waals surface area contributed by atoms with Gasteiger partial charge in [0, 0.05) is 12.0 Å². The Labute approximate surface area is 184 Å². The predicted octanol–water partition coefficient (Wildman–Crippen LogP) is 5.40. The average Bonchev–Trinajstić information content (AvgIpc) is 3.11. The smallest absolute Gasteiger partial charge is 0.321 e. The number of ketones is 1. The van der Waals surface area contributed by atoms with E-state index in [9.17, 15) is 14.7 Å². The van der Waals surface area contributed by atoms with Crippen LogP contribution in [0.15, 0.2) is 53.5 Å². The summed E-state index contributed by atoms with van der Waals surface area (Å²) in [5.74, 6) is -0.681.